The average molecular weight is 385 g/mol. The zero-order valence-corrected chi connectivity index (χ0v) is 16.9. The molecule has 1 atom stereocenters. The Hall–Kier alpha value is -2.04. The standard InChI is InChI=1S/C23H32N2O3/c1-28-20-10-8-17(9-11-20)21-5-3-2-4-14-25(21)23(27)19-12-15-24(16-13-19)22(26)18-6-7-18/h8-11,18-19,21H,2-7,12-16H2,1H3. The number of likely N-dealkylation sites (tertiary alicyclic amines) is 2. The lowest BCUT2D eigenvalue weighted by molar-refractivity contribution is -0.143. The number of piperidine rings is 1. The summed E-state index contributed by atoms with van der Waals surface area (Å²) in [5.41, 5.74) is 1.21. The maximum atomic E-state index is 13.4. The molecule has 3 aliphatic rings. The molecule has 5 heteroatoms. The van der Waals surface area contributed by atoms with Gasteiger partial charge in [0.1, 0.15) is 5.75 Å². The third-order valence-electron chi connectivity index (χ3n) is 6.62. The fourth-order valence-corrected chi connectivity index (χ4v) is 4.71. The number of hydrogen-bond donors (Lipinski definition) is 0. The molecule has 152 valence electrons. The van der Waals surface area contributed by atoms with Crippen molar-refractivity contribution in [3.8, 4) is 5.75 Å². The summed E-state index contributed by atoms with van der Waals surface area (Å²) in [7, 11) is 1.68. The quantitative estimate of drug-likeness (QED) is 0.794. The summed E-state index contributed by atoms with van der Waals surface area (Å²) in [6.07, 6.45) is 8.17. The Balaban J connectivity index is 1.43. The molecule has 3 fully saturated rings. The Morgan fingerprint density at radius 3 is 2.14 bits per heavy atom. The maximum absolute atomic E-state index is 13.4. The summed E-state index contributed by atoms with van der Waals surface area (Å²) in [5.74, 6) is 1.79. The smallest absolute Gasteiger partial charge is 0.226 e. The summed E-state index contributed by atoms with van der Waals surface area (Å²) >= 11 is 0. The molecule has 2 amide bonds. The molecule has 0 bridgehead atoms. The molecule has 2 saturated heterocycles. The van der Waals surface area contributed by atoms with E-state index in [1.807, 2.05) is 17.0 Å². The number of benzene rings is 1. The van der Waals surface area contributed by atoms with Gasteiger partial charge >= 0.3 is 0 Å². The molecule has 5 nitrogen and oxygen atoms in total. The fraction of sp³-hybridized carbons (Fsp3) is 0.652. The highest BCUT2D eigenvalue weighted by molar-refractivity contribution is 5.82. The van der Waals surface area contributed by atoms with Crippen LogP contribution in [-0.4, -0.2) is 48.4 Å². The third-order valence-corrected chi connectivity index (χ3v) is 6.62. The molecule has 1 aromatic carbocycles. The van der Waals surface area contributed by atoms with Gasteiger partial charge in [0.05, 0.1) is 13.2 Å². The van der Waals surface area contributed by atoms with Crippen LogP contribution in [0.15, 0.2) is 24.3 Å². The minimum absolute atomic E-state index is 0.0575. The van der Waals surface area contributed by atoms with E-state index in [0.717, 1.165) is 70.3 Å². The van der Waals surface area contributed by atoms with Gasteiger partial charge in [0, 0.05) is 31.5 Å². The monoisotopic (exact) mass is 384 g/mol. The predicted molar refractivity (Wildman–Crippen MR) is 108 cm³/mol. The molecule has 0 N–H and O–H groups in total. The molecule has 1 saturated carbocycles. The van der Waals surface area contributed by atoms with E-state index in [4.69, 9.17) is 4.74 Å². The highest BCUT2D eigenvalue weighted by Crippen LogP contribution is 2.35. The van der Waals surface area contributed by atoms with Gasteiger partial charge in [0.15, 0.2) is 0 Å². The van der Waals surface area contributed by atoms with Gasteiger partial charge in [-0.15, -0.1) is 0 Å². The summed E-state index contributed by atoms with van der Waals surface area (Å²) in [4.78, 5) is 29.9. The largest absolute Gasteiger partial charge is 0.497 e. The average Bonchev–Trinajstić information content (AvgIpc) is 3.60. The molecule has 1 aromatic rings. The van der Waals surface area contributed by atoms with Gasteiger partial charge in [-0.1, -0.05) is 25.0 Å². The van der Waals surface area contributed by atoms with E-state index in [1.54, 1.807) is 7.11 Å². The normalized spacial score (nSPS) is 24.0. The lowest BCUT2D eigenvalue weighted by atomic mass is 9.93. The van der Waals surface area contributed by atoms with Crippen LogP contribution in [-0.2, 0) is 9.59 Å². The SMILES string of the molecule is COc1ccc(C2CCCCCN2C(=O)C2CCN(C(=O)C3CC3)CC2)cc1. The summed E-state index contributed by atoms with van der Waals surface area (Å²) < 4.78 is 5.29. The van der Waals surface area contributed by atoms with Crippen LogP contribution in [0.3, 0.4) is 0 Å². The number of carbonyl (C=O) groups excluding carboxylic acids is 2. The molecule has 1 unspecified atom stereocenters. The molecule has 2 aliphatic heterocycles. The Labute approximate surface area is 168 Å². The van der Waals surface area contributed by atoms with Crippen LogP contribution in [0, 0.1) is 11.8 Å². The van der Waals surface area contributed by atoms with Crippen molar-refractivity contribution in [2.24, 2.45) is 11.8 Å². The van der Waals surface area contributed by atoms with Crippen LogP contribution in [0.25, 0.3) is 0 Å². The Morgan fingerprint density at radius 1 is 0.821 bits per heavy atom. The second kappa shape index (κ2) is 8.54. The van der Waals surface area contributed by atoms with Crippen LogP contribution in [0.2, 0.25) is 0 Å². The number of rotatable bonds is 4. The van der Waals surface area contributed by atoms with Crippen molar-refractivity contribution in [1.29, 1.82) is 0 Å². The van der Waals surface area contributed by atoms with E-state index in [0.29, 0.717) is 11.8 Å². The second-order valence-corrected chi connectivity index (χ2v) is 8.54. The van der Waals surface area contributed by atoms with Crippen LogP contribution >= 0.6 is 0 Å². The lowest BCUT2D eigenvalue weighted by Crippen LogP contribution is -2.45. The minimum atomic E-state index is 0.0575. The topological polar surface area (TPSA) is 49.9 Å². The van der Waals surface area contributed by atoms with Crippen molar-refractivity contribution in [1.82, 2.24) is 9.80 Å². The molecule has 0 radical (unpaired) electrons. The zero-order chi connectivity index (χ0) is 19.5. The van der Waals surface area contributed by atoms with E-state index >= 15 is 0 Å². The summed E-state index contributed by atoms with van der Waals surface area (Å²) in [5, 5.41) is 0. The van der Waals surface area contributed by atoms with E-state index < -0.39 is 0 Å². The van der Waals surface area contributed by atoms with Crippen molar-refractivity contribution in [3.63, 3.8) is 0 Å². The first-order valence-electron chi connectivity index (χ1n) is 10.9. The number of amides is 2. The van der Waals surface area contributed by atoms with Crippen molar-refractivity contribution in [3.05, 3.63) is 29.8 Å². The van der Waals surface area contributed by atoms with Crippen molar-refractivity contribution in [2.75, 3.05) is 26.7 Å². The zero-order valence-electron chi connectivity index (χ0n) is 16.9. The Morgan fingerprint density at radius 2 is 1.50 bits per heavy atom. The second-order valence-electron chi connectivity index (χ2n) is 8.54. The van der Waals surface area contributed by atoms with Gasteiger partial charge in [-0.2, -0.15) is 0 Å². The number of methoxy groups -OCH3 is 1. The lowest BCUT2D eigenvalue weighted by Gasteiger charge is -2.37. The van der Waals surface area contributed by atoms with Gasteiger partial charge in [-0.05, 0) is 56.2 Å². The summed E-state index contributed by atoms with van der Waals surface area (Å²) in [6.45, 7) is 2.33. The first-order valence-corrected chi connectivity index (χ1v) is 10.9. The number of hydrogen-bond acceptors (Lipinski definition) is 3. The van der Waals surface area contributed by atoms with Crippen LogP contribution < -0.4 is 4.74 Å². The van der Waals surface area contributed by atoms with Crippen molar-refractivity contribution < 1.29 is 14.3 Å². The maximum Gasteiger partial charge on any atom is 0.226 e. The van der Waals surface area contributed by atoms with Gasteiger partial charge in [-0.3, -0.25) is 9.59 Å². The van der Waals surface area contributed by atoms with Gasteiger partial charge in [0.2, 0.25) is 11.8 Å². The molecular weight excluding hydrogens is 352 g/mol. The Kier molecular flexibility index (Phi) is 5.88. The number of carbonyl (C=O) groups is 2. The number of nitrogens with zero attached hydrogens (tertiary/aromatic N) is 2. The van der Waals surface area contributed by atoms with Crippen molar-refractivity contribution >= 4 is 11.8 Å². The Bertz CT molecular complexity index is 690. The fourth-order valence-electron chi connectivity index (χ4n) is 4.71. The molecular formula is C23H32N2O3. The van der Waals surface area contributed by atoms with E-state index in [-0.39, 0.29) is 17.9 Å². The van der Waals surface area contributed by atoms with E-state index in [1.165, 1.54) is 12.0 Å². The highest BCUT2D eigenvalue weighted by atomic mass is 16.5. The minimum Gasteiger partial charge on any atom is -0.497 e. The van der Waals surface area contributed by atoms with Gasteiger partial charge < -0.3 is 14.5 Å². The number of ether oxygens (including phenoxy) is 1. The van der Waals surface area contributed by atoms with Gasteiger partial charge in [-0.25, -0.2) is 0 Å². The van der Waals surface area contributed by atoms with E-state index in [2.05, 4.69) is 17.0 Å². The molecule has 28 heavy (non-hydrogen) atoms. The van der Waals surface area contributed by atoms with Crippen LogP contribution in [0.5, 0.6) is 5.75 Å². The van der Waals surface area contributed by atoms with E-state index in [9.17, 15) is 9.59 Å². The first-order chi connectivity index (χ1) is 13.7. The van der Waals surface area contributed by atoms with Gasteiger partial charge in [0.25, 0.3) is 0 Å². The first kappa shape index (κ1) is 19.3. The highest BCUT2D eigenvalue weighted by Gasteiger charge is 2.38. The molecule has 4 rings (SSSR count). The van der Waals surface area contributed by atoms with Crippen LogP contribution in [0.4, 0.5) is 0 Å². The summed E-state index contributed by atoms with van der Waals surface area (Å²) in [6, 6.07) is 8.35. The van der Waals surface area contributed by atoms with Crippen LogP contribution in [0.1, 0.15) is 63.0 Å². The van der Waals surface area contributed by atoms with Crippen molar-refractivity contribution in [2.45, 2.75) is 57.4 Å². The molecule has 1 aliphatic carbocycles. The predicted octanol–water partition coefficient (Wildman–Crippen LogP) is 3.79. The molecule has 0 aromatic heterocycles. The molecule has 2 heterocycles. The third kappa shape index (κ3) is 4.18. The molecule has 0 spiro atoms.